The number of nitrogen functional groups attached to an aromatic ring is 1. The molecule has 84 valence electrons. The van der Waals surface area contributed by atoms with Gasteiger partial charge in [0.25, 0.3) is 0 Å². The van der Waals surface area contributed by atoms with E-state index in [1.54, 1.807) is 6.20 Å². The molecule has 2 heterocycles. The van der Waals surface area contributed by atoms with Gasteiger partial charge in [-0.15, -0.1) is 0 Å². The highest BCUT2D eigenvalue weighted by molar-refractivity contribution is 5.60. The molecule has 3 N–H and O–H groups in total. The van der Waals surface area contributed by atoms with Crippen LogP contribution in [0.25, 0.3) is 0 Å². The number of aryl methyl sites for hydroxylation is 1. The summed E-state index contributed by atoms with van der Waals surface area (Å²) >= 11 is 0. The van der Waals surface area contributed by atoms with E-state index in [4.69, 9.17) is 5.73 Å². The summed E-state index contributed by atoms with van der Waals surface area (Å²) in [4.78, 5) is 4.01. The largest absolute Gasteiger partial charge is 0.382 e. The predicted octanol–water partition coefficient (Wildman–Crippen LogP) is 1.32. The molecule has 5 heteroatoms. The molecule has 0 aromatic carbocycles. The molecule has 0 saturated heterocycles. The van der Waals surface area contributed by atoms with Gasteiger partial charge in [0.2, 0.25) is 0 Å². The SMILES string of the molecule is Cc1c(CNc2cccnc2N)cnn1C. The lowest BCUT2D eigenvalue weighted by Gasteiger charge is -2.07. The summed E-state index contributed by atoms with van der Waals surface area (Å²) in [5.41, 5.74) is 8.89. The van der Waals surface area contributed by atoms with Crippen LogP contribution in [-0.2, 0) is 13.6 Å². The zero-order valence-corrected chi connectivity index (χ0v) is 9.44. The molecular weight excluding hydrogens is 202 g/mol. The summed E-state index contributed by atoms with van der Waals surface area (Å²) in [6, 6.07) is 3.77. The number of pyridine rings is 1. The van der Waals surface area contributed by atoms with Crippen molar-refractivity contribution in [3.05, 3.63) is 35.8 Å². The Bertz CT molecular complexity index is 489. The Morgan fingerprint density at radius 3 is 2.94 bits per heavy atom. The average molecular weight is 217 g/mol. The molecular formula is C11H15N5. The van der Waals surface area contributed by atoms with Gasteiger partial charge in [0.15, 0.2) is 0 Å². The van der Waals surface area contributed by atoms with E-state index >= 15 is 0 Å². The maximum absolute atomic E-state index is 5.73. The van der Waals surface area contributed by atoms with Crippen LogP contribution in [0.1, 0.15) is 11.3 Å². The summed E-state index contributed by atoms with van der Waals surface area (Å²) in [5, 5.41) is 7.42. The molecule has 0 radical (unpaired) electrons. The standard InChI is InChI=1S/C11H15N5/c1-8-9(7-15-16(8)2)6-14-10-4-3-5-13-11(10)12/h3-5,7,14H,6H2,1-2H3,(H2,12,13). The van der Waals surface area contributed by atoms with Crippen molar-refractivity contribution in [3.63, 3.8) is 0 Å². The summed E-state index contributed by atoms with van der Waals surface area (Å²) < 4.78 is 1.85. The Morgan fingerprint density at radius 1 is 1.50 bits per heavy atom. The van der Waals surface area contributed by atoms with Gasteiger partial charge in [0.1, 0.15) is 5.82 Å². The molecule has 0 aliphatic rings. The highest BCUT2D eigenvalue weighted by atomic mass is 15.3. The fraction of sp³-hybridized carbons (Fsp3) is 0.273. The van der Waals surface area contributed by atoms with Crippen molar-refractivity contribution in [1.82, 2.24) is 14.8 Å². The van der Waals surface area contributed by atoms with Crippen molar-refractivity contribution in [2.45, 2.75) is 13.5 Å². The summed E-state index contributed by atoms with van der Waals surface area (Å²) in [6.45, 7) is 2.74. The number of anilines is 2. The lowest BCUT2D eigenvalue weighted by atomic mass is 10.2. The molecule has 2 aromatic rings. The lowest BCUT2D eigenvalue weighted by molar-refractivity contribution is 0.738. The number of aromatic nitrogens is 3. The van der Waals surface area contributed by atoms with Crippen LogP contribution >= 0.6 is 0 Å². The van der Waals surface area contributed by atoms with Crippen LogP contribution in [0.4, 0.5) is 11.5 Å². The monoisotopic (exact) mass is 217 g/mol. The highest BCUT2D eigenvalue weighted by Gasteiger charge is 2.04. The normalized spacial score (nSPS) is 10.4. The molecule has 0 atom stereocenters. The van der Waals surface area contributed by atoms with E-state index in [0.29, 0.717) is 12.4 Å². The summed E-state index contributed by atoms with van der Waals surface area (Å²) in [7, 11) is 1.93. The van der Waals surface area contributed by atoms with Gasteiger partial charge in [-0.1, -0.05) is 0 Å². The Morgan fingerprint density at radius 2 is 2.31 bits per heavy atom. The van der Waals surface area contributed by atoms with Crippen LogP contribution in [0.5, 0.6) is 0 Å². The number of nitrogens with two attached hydrogens (primary N) is 1. The first-order valence-corrected chi connectivity index (χ1v) is 5.10. The van der Waals surface area contributed by atoms with E-state index in [1.807, 2.05) is 37.0 Å². The van der Waals surface area contributed by atoms with Crippen molar-refractivity contribution in [2.75, 3.05) is 11.1 Å². The van der Waals surface area contributed by atoms with Gasteiger partial charge in [-0.05, 0) is 19.1 Å². The lowest BCUT2D eigenvalue weighted by Crippen LogP contribution is -2.04. The van der Waals surface area contributed by atoms with Crippen LogP contribution < -0.4 is 11.1 Å². The quantitative estimate of drug-likeness (QED) is 0.813. The first-order chi connectivity index (χ1) is 7.68. The highest BCUT2D eigenvalue weighted by Crippen LogP contribution is 2.15. The number of nitrogens with one attached hydrogen (secondary N) is 1. The van der Waals surface area contributed by atoms with Gasteiger partial charge >= 0.3 is 0 Å². The Kier molecular flexibility index (Phi) is 2.76. The second-order valence-electron chi connectivity index (χ2n) is 3.67. The Labute approximate surface area is 94.3 Å². The molecule has 0 fully saturated rings. The van der Waals surface area contributed by atoms with Crippen molar-refractivity contribution in [1.29, 1.82) is 0 Å². The van der Waals surface area contributed by atoms with Crippen LogP contribution in [-0.4, -0.2) is 14.8 Å². The van der Waals surface area contributed by atoms with Crippen molar-refractivity contribution in [2.24, 2.45) is 7.05 Å². The number of hydrogen-bond donors (Lipinski definition) is 2. The maximum atomic E-state index is 5.73. The van der Waals surface area contributed by atoms with E-state index in [9.17, 15) is 0 Å². The first-order valence-electron chi connectivity index (χ1n) is 5.10. The Hall–Kier alpha value is -2.04. The Balaban J connectivity index is 2.08. The van der Waals surface area contributed by atoms with Crippen LogP contribution in [0.15, 0.2) is 24.5 Å². The number of nitrogens with zero attached hydrogens (tertiary/aromatic N) is 3. The third-order valence-electron chi connectivity index (χ3n) is 2.64. The fourth-order valence-corrected chi connectivity index (χ4v) is 1.48. The molecule has 0 aliphatic carbocycles. The summed E-state index contributed by atoms with van der Waals surface area (Å²) in [6.07, 6.45) is 3.53. The van der Waals surface area contributed by atoms with E-state index in [0.717, 1.165) is 16.9 Å². The molecule has 0 unspecified atom stereocenters. The van der Waals surface area contributed by atoms with Gasteiger partial charge in [0.05, 0.1) is 11.9 Å². The number of hydrogen-bond acceptors (Lipinski definition) is 4. The zero-order valence-electron chi connectivity index (χ0n) is 9.44. The smallest absolute Gasteiger partial charge is 0.146 e. The molecule has 0 spiro atoms. The molecule has 0 bridgehead atoms. The third kappa shape index (κ3) is 1.98. The van der Waals surface area contributed by atoms with Crippen molar-refractivity contribution in [3.8, 4) is 0 Å². The molecule has 0 saturated carbocycles. The zero-order chi connectivity index (χ0) is 11.5. The predicted molar refractivity (Wildman–Crippen MR) is 63.9 cm³/mol. The first kappa shape index (κ1) is 10.5. The minimum atomic E-state index is 0.518. The van der Waals surface area contributed by atoms with Crippen LogP contribution in [0.3, 0.4) is 0 Å². The average Bonchev–Trinajstić information content (AvgIpc) is 2.59. The van der Waals surface area contributed by atoms with Gasteiger partial charge < -0.3 is 11.1 Å². The number of rotatable bonds is 3. The van der Waals surface area contributed by atoms with Gasteiger partial charge in [-0.25, -0.2) is 4.98 Å². The molecule has 0 amide bonds. The van der Waals surface area contributed by atoms with Gasteiger partial charge in [-0.3, -0.25) is 4.68 Å². The fourth-order valence-electron chi connectivity index (χ4n) is 1.48. The van der Waals surface area contributed by atoms with E-state index in [2.05, 4.69) is 15.4 Å². The third-order valence-corrected chi connectivity index (χ3v) is 2.64. The van der Waals surface area contributed by atoms with E-state index in [-0.39, 0.29) is 0 Å². The van der Waals surface area contributed by atoms with E-state index < -0.39 is 0 Å². The van der Waals surface area contributed by atoms with Gasteiger partial charge in [0, 0.05) is 31.0 Å². The second-order valence-corrected chi connectivity index (χ2v) is 3.67. The van der Waals surface area contributed by atoms with Gasteiger partial charge in [-0.2, -0.15) is 5.10 Å². The molecule has 0 aliphatic heterocycles. The summed E-state index contributed by atoms with van der Waals surface area (Å²) in [5.74, 6) is 0.518. The minimum absolute atomic E-state index is 0.518. The van der Waals surface area contributed by atoms with Crippen LogP contribution in [0.2, 0.25) is 0 Å². The minimum Gasteiger partial charge on any atom is -0.382 e. The molecule has 2 aromatic heterocycles. The van der Waals surface area contributed by atoms with Crippen molar-refractivity contribution < 1.29 is 0 Å². The van der Waals surface area contributed by atoms with Crippen LogP contribution in [0, 0.1) is 6.92 Å². The maximum Gasteiger partial charge on any atom is 0.146 e. The molecule has 16 heavy (non-hydrogen) atoms. The topological polar surface area (TPSA) is 68.8 Å². The second kappa shape index (κ2) is 4.22. The van der Waals surface area contributed by atoms with Crippen molar-refractivity contribution >= 4 is 11.5 Å². The molecule has 5 nitrogen and oxygen atoms in total. The van der Waals surface area contributed by atoms with E-state index in [1.165, 1.54) is 0 Å². The molecule has 2 rings (SSSR count).